The minimum Gasteiger partial charge on any atom is -0.383 e. The van der Waals surface area contributed by atoms with Crippen molar-refractivity contribution in [2.45, 2.75) is 18.9 Å². The molecule has 0 aliphatic carbocycles. The SMILES string of the molecule is Nc1ncc(I)c2c1c(-c1ccc(C(=O)Nc3ccccc3)cc1)nn2C1CCCNC1. The second-order valence-corrected chi connectivity index (χ2v) is 9.07. The highest BCUT2D eigenvalue weighted by molar-refractivity contribution is 14.1. The minimum atomic E-state index is -0.151. The number of para-hydroxylation sites is 1. The number of piperidine rings is 1. The van der Waals surface area contributed by atoms with E-state index in [0.29, 0.717) is 11.4 Å². The van der Waals surface area contributed by atoms with E-state index in [1.54, 1.807) is 6.20 Å². The van der Waals surface area contributed by atoms with E-state index in [4.69, 9.17) is 10.8 Å². The normalized spacial score (nSPS) is 16.2. The molecule has 0 bridgehead atoms. The number of pyridine rings is 1. The monoisotopic (exact) mass is 538 g/mol. The summed E-state index contributed by atoms with van der Waals surface area (Å²) in [6.07, 6.45) is 3.98. The number of carbonyl (C=O) groups excluding carboxylic acids is 1. The van der Waals surface area contributed by atoms with Crippen LogP contribution in [0.4, 0.5) is 11.5 Å². The molecule has 32 heavy (non-hydrogen) atoms. The second-order valence-electron chi connectivity index (χ2n) is 7.91. The number of nitrogens with two attached hydrogens (primary N) is 1. The van der Waals surface area contributed by atoms with Gasteiger partial charge in [0.15, 0.2) is 0 Å². The molecule has 1 amide bonds. The topological polar surface area (TPSA) is 97.9 Å². The van der Waals surface area contributed by atoms with Gasteiger partial charge in [-0.1, -0.05) is 30.3 Å². The van der Waals surface area contributed by atoms with Crippen molar-refractivity contribution in [2.24, 2.45) is 0 Å². The summed E-state index contributed by atoms with van der Waals surface area (Å²) in [5.41, 5.74) is 10.4. The Bertz CT molecular complexity index is 1260. The van der Waals surface area contributed by atoms with Crippen molar-refractivity contribution >= 4 is 50.9 Å². The summed E-state index contributed by atoms with van der Waals surface area (Å²) in [4.78, 5) is 17.0. The van der Waals surface area contributed by atoms with E-state index >= 15 is 0 Å². The molecule has 1 atom stereocenters. The van der Waals surface area contributed by atoms with Crippen LogP contribution in [0.1, 0.15) is 29.2 Å². The van der Waals surface area contributed by atoms with Crippen LogP contribution in [0.3, 0.4) is 0 Å². The molecule has 4 aromatic rings. The van der Waals surface area contributed by atoms with Crippen molar-refractivity contribution in [2.75, 3.05) is 24.1 Å². The molecular weight excluding hydrogens is 515 g/mol. The maximum absolute atomic E-state index is 12.6. The van der Waals surface area contributed by atoms with Gasteiger partial charge < -0.3 is 16.4 Å². The molecule has 4 N–H and O–H groups in total. The molecule has 5 rings (SSSR count). The zero-order valence-electron chi connectivity index (χ0n) is 17.4. The van der Waals surface area contributed by atoms with Crippen molar-refractivity contribution in [3.05, 3.63) is 69.9 Å². The van der Waals surface area contributed by atoms with E-state index in [0.717, 1.165) is 57.3 Å². The first-order valence-electron chi connectivity index (χ1n) is 10.6. The van der Waals surface area contributed by atoms with Gasteiger partial charge in [-0.15, -0.1) is 0 Å². The Morgan fingerprint density at radius 2 is 1.94 bits per heavy atom. The highest BCUT2D eigenvalue weighted by Gasteiger charge is 2.24. The van der Waals surface area contributed by atoms with Crippen LogP contribution in [-0.4, -0.2) is 33.8 Å². The number of nitrogen functional groups attached to an aromatic ring is 1. The highest BCUT2D eigenvalue weighted by Crippen LogP contribution is 2.36. The van der Waals surface area contributed by atoms with Gasteiger partial charge >= 0.3 is 0 Å². The van der Waals surface area contributed by atoms with E-state index in [-0.39, 0.29) is 11.9 Å². The summed E-state index contributed by atoms with van der Waals surface area (Å²) < 4.78 is 3.13. The predicted octanol–water partition coefficient (Wildman–Crippen LogP) is 4.46. The lowest BCUT2D eigenvalue weighted by Gasteiger charge is -2.24. The first-order chi connectivity index (χ1) is 15.6. The van der Waals surface area contributed by atoms with Gasteiger partial charge in [0.05, 0.1) is 20.5 Å². The number of halogens is 1. The lowest BCUT2D eigenvalue weighted by Crippen LogP contribution is -2.32. The van der Waals surface area contributed by atoms with E-state index in [1.165, 1.54) is 0 Å². The lowest BCUT2D eigenvalue weighted by molar-refractivity contribution is 0.102. The number of hydrogen-bond acceptors (Lipinski definition) is 5. The Hall–Kier alpha value is -2.98. The second kappa shape index (κ2) is 8.87. The van der Waals surface area contributed by atoms with Gasteiger partial charge in [0.25, 0.3) is 5.91 Å². The van der Waals surface area contributed by atoms with Crippen LogP contribution in [0, 0.1) is 3.57 Å². The summed E-state index contributed by atoms with van der Waals surface area (Å²) >= 11 is 2.30. The largest absolute Gasteiger partial charge is 0.383 e. The molecule has 1 saturated heterocycles. The summed E-state index contributed by atoms with van der Waals surface area (Å²) in [5.74, 6) is 0.318. The molecule has 3 heterocycles. The highest BCUT2D eigenvalue weighted by atomic mass is 127. The molecule has 1 fully saturated rings. The van der Waals surface area contributed by atoms with Crippen LogP contribution >= 0.6 is 22.6 Å². The number of fused-ring (bicyclic) bond motifs is 1. The van der Waals surface area contributed by atoms with Crippen molar-refractivity contribution in [3.63, 3.8) is 0 Å². The van der Waals surface area contributed by atoms with Gasteiger partial charge in [0, 0.05) is 29.6 Å². The predicted molar refractivity (Wildman–Crippen MR) is 136 cm³/mol. The van der Waals surface area contributed by atoms with Crippen molar-refractivity contribution in [1.82, 2.24) is 20.1 Å². The van der Waals surface area contributed by atoms with Gasteiger partial charge in [0.2, 0.25) is 0 Å². The van der Waals surface area contributed by atoms with Crippen LogP contribution < -0.4 is 16.4 Å². The van der Waals surface area contributed by atoms with Crippen LogP contribution in [0.15, 0.2) is 60.8 Å². The Morgan fingerprint density at radius 3 is 2.66 bits per heavy atom. The van der Waals surface area contributed by atoms with Gasteiger partial charge in [-0.3, -0.25) is 9.48 Å². The molecule has 162 valence electrons. The molecule has 2 aromatic heterocycles. The number of carbonyl (C=O) groups is 1. The molecule has 1 unspecified atom stereocenters. The third-order valence-corrected chi connectivity index (χ3v) is 6.57. The zero-order chi connectivity index (χ0) is 22.1. The molecule has 2 aromatic carbocycles. The van der Waals surface area contributed by atoms with Crippen molar-refractivity contribution in [3.8, 4) is 11.3 Å². The number of amides is 1. The van der Waals surface area contributed by atoms with E-state index in [9.17, 15) is 4.79 Å². The minimum absolute atomic E-state index is 0.151. The van der Waals surface area contributed by atoms with Crippen LogP contribution in [0.2, 0.25) is 0 Å². The maximum atomic E-state index is 12.6. The molecular formula is C24H23IN6O. The number of aromatic nitrogens is 3. The number of nitrogens with zero attached hydrogens (tertiary/aromatic N) is 3. The average Bonchev–Trinajstić information content (AvgIpc) is 3.25. The zero-order valence-corrected chi connectivity index (χ0v) is 19.5. The fourth-order valence-corrected chi connectivity index (χ4v) is 4.83. The van der Waals surface area contributed by atoms with Gasteiger partial charge in [-0.05, 0) is 66.2 Å². The molecule has 0 radical (unpaired) electrons. The number of rotatable bonds is 4. The number of benzene rings is 2. The lowest BCUT2D eigenvalue weighted by atomic mass is 10.1. The molecule has 7 nitrogen and oxygen atoms in total. The number of anilines is 2. The fraction of sp³-hybridized carbons (Fsp3) is 0.208. The van der Waals surface area contributed by atoms with Crippen LogP contribution in [0.25, 0.3) is 22.2 Å². The molecule has 1 aliphatic heterocycles. The van der Waals surface area contributed by atoms with Crippen LogP contribution in [0.5, 0.6) is 0 Å². The molecule has 0 saturated carbocycles. The smallest absolute Gasteiger partial charge is 0.255 e. The van der Waals surface area contributed by atoms with E-state index in [1.807, 2.05) is 54.6 Å². The summed E-state index contributed by atoms with van der Waals surface area (Å²) in [7, 11) is 0. The third-order valence-electron chi connectivity index (χ3n) is 5.78. The average molecular weight is 538 g/mol. The van der Waals surface area contributed by atoms with Gasteiger partial charge in [-0.2, -0.15) is 5.10 Å². The maximum Gasteiger partial charge on any atom is 0.255 e. The summed E-state index contributed by atoms with van der Waals surface area (Å²) in [5, 5.41) is 12.2. The van der Waals surface area contributed by atoms with E-state index in [2.05, 4.69) is 42.9 Å². The van der Waals surface area contributed by atoms with Crippen molar-refractivity contribution in [1.29, 1.82) is 0 Å². The summed E-state index contributed by atoms with van der Waals surface area (Å²) in [6, 6.07) is 17.2. The number of hydrogen-bond donors (Lipinski definition) is 3. The Labute approximate surface area is 199 Å². The first kappa shape index (κ1) is 20.9. The molecule has 1 aliphatic rings. The Kier molecular flexibility index (Phi) is 5.79. The standard InChI is InChI=1S/C24H23IN6O/c25-19-14-28-23(26)20-21(30-31(22(19)20)18-7-4-12-27-13-18)15-8-10-16(11-9-15)24(32)29-17-5-2-1-3-6-17/h1-3,5-6,8-11,14,18,27H,4,7,12-13H2,(H2,26,28)(H,29,32). The van der Waals surface area contributed by atoms with Gasteiger partial charge in [0.1, 0.15) is 11.5 Å². The Morgan fingerprint density at radius 1 is 1.16 bits per heavy atom. The van der Waals surface area contributed by atoms with E-state index < -0.39 is 0 Å². The quantitative estimate of drug-likeness (QED) is 0.334. The van der Waals surface area contributed by atoms with Gasteiger partial charge in [-0.25, -0.2) is 4.98 Å². The fourth-order valence-electron chi connectivity index (χ4n) is 4.17. The van der Waals surface area contributed by atoms with Crippen LogP contribution in [-0.2, 0) is 0 Å². The van der Waals surface area contributed by atoms with Crippen molar-refractivity contribution < 1.29 is 4.79 Å². The molecule has 0 spiro atoms. The summed E-state index contributed by atoms with van der Waals surface area (Å²) in [6.45, 7) is 1.92. The third kappa shape index (κ3) is 3.95. The first-order valence-corrected chi connectivity index (χ1v) is 11.7. The number of nitrogens with one attached hydrogen (secondary N) is 2. The molecule has 8 heteroatoms. The Balaban J connectivity index is 1.52.